The highest BCUT2D eigenvalue weighted by Gasteiger charge is 2.33. The van der Waals surface area contributed by atoms with Crippen molar-refractivity contribution < 1.29 is 22.7 Å². The number of aromatic nitrogens is 2. The second kappa shape index (κ2) is 8.48. The van der Waals surface area contributed by atoms with Crippen LogP contribution in [0.25, 0.3) is 0 Å². The fourth-order valence-electron chi connectivity index (χ4n) is 2.97. The van der Waals surface area contributed by atoms with Crippen LogP contribution in [0.2, 0.25) is 0 Å². The number of alkyl carbamates (subject to hydrolysis) is 1. The van der Waals surface area contributed by atoms with Gasteiger partial charge in [0.15, 0.2) is 0 Å². The smallest absolute Gasteiger partial charge is 0.407 e. The number of H-pyrrole nitrogens is 1. The Bertz CT molecular complexity index is 800. The van der Waals surface area contributed by atoms with E-state index < -0.39 is 21.7 Å². The van der Waals surface area contributed by atoms with Crippen molar-refractivity contribution in [3.05, 3.63) is 11.4 Å². The first-order valence-electron chi connectivity index (χ1n) is 9.18. The molecule has 0 spiro atoms. The van der Waals surface area contributed by atoms with Gasteiger partial charge in [-0.3, -0.25) is 9.89 Å². The molecule has 2 amide bonds. The van der Waals surface area contributed by atoms with Gasteiger partial charge in [0.05, 0.1) is 11.4 Å². The van der Waals surface area contributed by atoms with Crippen molar-refractivity contribution >= 4 is 22.0 Å². The Morgan fingerprint density at radius 3 is 2.29 bits per heavy atom. The van der Waals surface area contributed by atoms with Crippen molar-refractivity contribution in [3.8, 4) is 0 Å². The summed E-state index contributed by atoms with van der Waals surface area (Å²) in [5.41, 5.74) is 0.343. The fraction of sp³-hybridized carbons (Fsp3) is 0.706. The summed E-state index contributed by atoms with van der Waals surface area (Å²) in [7, 11) is -3.65. The average Bonchev–Trinajstić information content (AvgIpc) is 2.92. The molecule has 2 heterocycles. The average molecular weight is 416 g/mol. The van der Waals surface area contributed by atoms with E-state index in [1.165, 1.54) is 4.31 Å². The maximum absolute atomic E-state index is 12.8. The van der Waals surface area contributed by atoms with Crippen molar-refractivity contribution in [3.63, 3.8) is 0 Å². The van der Waals surface area contributed by atoms with Crippen LogP contribution in [-0.2, 0) is 19.6 Å². The first kappa shape index (κ1) is 22.2. The highest BCUT2D eigenvalue weighted by Crippen LogP contribution is 2.22. The molecule has 1 aliphatic heterocycles. The molecule has 0 atom stereocenters. The van der Waals surface area contributed by atoms with Crippen molar-refractivity contribution in [1.29, 1.82) is 0 Å². The molecule has 0 unspecified atom stereocenters. The summed E-state index contributed by atoms with van der Waals surface area (Å²) in [4.78, 5) is 25.7. The minimum atomic E-state index is -3.65. The standard InChI is InChI=1S/C17H29N5O5S/c1-12-15(13(2)20-19-12)28(25,26)22-10-8-21(9-11-22)14(23)6-7-18-16(24)27-17(3,4)5/h6-11H2,1-5H3,(H,18,24)(H,19,20). The molecule has 0 bridgehead atoms. The summed E-state index contributed by atoms with van der Waals surface area (Å²) >= 11 is 0. The molecule has 158 valence electrons. The molecule has 0 aliphatic carbocycles. The molecule has 28 heavy (non-hydrogen) atoms. The summed E-state index contributed by atoms with van der Waals surface area (Å²) in [5, 5.41) is 9.19. The lowest BCUT2D eigenvalue weighted by Crippen LogP contribution is -2.51. The number of sulfonamides is 1. The highest BCUT2D eigenvalue weighted by molar-refractivity contribution is 7.89. The van der Waals surface area contributed by atoms with Crippen molar-refractivity contribution in [2.75, 3.05) is 32.7 Å². The topological polar surface area (TPSA) is 125 Å². The predicted octanol–water partition coefficient (Wildman–Crippen LogP) is 0.774. The molecule has 0 radical (unpaired) electrons. The third-order valence-corrected chi connectivity index (χ3v) is 6.42. The number of ether oxygens (including phenoxy) is 1. The zero-order valence-electron chi connectivity index (χ0n) is 17.0. The van der Waals surface area contributed by atoms with E-state index in [0.717, 1.165) is 0 Å². The molecule has 1 saturated heterocycles. The first-order chi connectivity index (χ1) is 12.9. The van der Waals surface area contributed by atoms with Crippen molar-refractivity contribution in [2.24, 2.45) is 0 Å². The van der Waals surface area contributed by atoms with Gasteiger partial charge in [0.25, 0.3) is 0 Å². The second-order valence-electron chi connectivity index (χ2n) is 7.73. The lowest BCUT2D eigenvalue weighted by Gasteiger charge is -2.34. The van der Waals surface area contributed by atoms with Gasteiger partial charge in [0.2, 0.25) is 15.9 Å². The van der Waals surface area contributed by atoms with Gasteiger partial charge < -0.3 is 15.0 Å². The number of carbonyl (C=O) groups excluding carboxylic acids is 2. The van der Waals surface area contributed by atoms with Crippen LogP contribution < -0.4 is 5.32 Å². The maximum Gasteiger partial charge on any atom is 0.407 e. The van der Waals surface area contributed by atoms with Gasteiger partial charge in [-0.1, -0.05) is 0 Å². The Morgan fingerprint density at radius 1 is 1.18 bits per heavy atom. The van der Waals surface area contributed by atoms with Crippen LogP contribution >= 0.6 is 0 Å². The van der Waals surface area contributed by atoms with E-state index in [1.54, 1.807) is 39.5 Å². The van der Waals surface area contributed by atoms with E-state index in [-0.39, 0.29) is 36.9 Å². The van der Waals surface area contributed by atoms with Crippen molar-refractivity contribution in [1.82, 2.24) is 24.7 Å². The lowest BCUT2D eigenvalue weighted by molar-refractivity contribution is -0.132. The number of aromatic amines is 1. The Balaban J connectivity index is 1.83. The summed E-state index contributed by atoms with van der Waals surface area (Å²) in [6.45, 7) is 9.82. The van der Waals surface area contributed by atoms with Gasteiger partial charge in [-0.2, -0.15) is 9.40 Å². The number of piperazine rings is 1. The normalized spacial score (nSPS) is 16.1. The summed E-state index contributed by atoms with van der Waals surface area (Å²) in [5.74, 6) is -0.135. The van der Waals surface area contributed by atoms with Crippen LogP contribution in [0.15, 0.2) is 4.90 Å². The number of hydrogen-bond acceptors (Lipinski definition) is 6. The van der Waals surface area contributed by atoms with Gasteiger partial charge in [-0.05, 0) is 34.6 Å². The van der Waals surface area contributed by atoms with E-state index >= 15 is 0 Å². The Morgan fingerprint density at radius 2 is 1.79 bits per heavy atom. The number of nitrogens with zero attached hydrogens (tertiary/aromatic N) is 3. The minimum absolute atomic E-state index is 0.131. The van der Waals surface area contributed by atoms with Gasteiger partial charge in [-0.15, -0.1) is 0 Å². The summed E-state index contributed by atoms with van der Waals surface area (Å²) in [6, 6.07) is 0. The van der Waals surface area contributed by atoms with E-state index in [0.29, 0.717) is 24.5 Å². The molecular formula is C17H29N5O5S. The number of nitrogens with one attached hydrogen (secondary N) is 2. The molecule has 0 saturated carbocycles. The molecule has 2 N–H and O–H groups in total. The SMILES string of the molecule is Cc1n[nH]c(C)c1S(=O)(=O)N1CCN(C(=O)CCNC(=O)OC(C)(C)C)CC1. The van der Waals surface area contributed by atoms with Gasteiger partial charge in [0, 0.05) is 39.1 Å². The van der Waals surface area contributed by atoms with Gasteiger partial charge in [-0.25, -0.2) is 13.2 Å². The minimum Gasteiger partial charge on any atom is -0.444 e. The number of carbonyl (C=O) groups is 2. The van der Waals surface area contributed by atoms with E-state index in [4.69, 9.17) is 4.74 Å². The zero-order chi connectivity index (χ0) is 21.1. The Labute approximate surface area is 165 Å². The quantitative estimate of drug-likeness (QED) is 0.732. The third kappa shape index (κ3) is 5.44. The molecule has 1 aliphatic rings. The molecule has 11 heteroatoms. The molecule has 1 aromatic rings. The van der Waals surface area contributed by atoms with Crippen LogP contribution in [0, 0.1) is 13.8 Å². The number of aryl methyl sites for hydroxylation is 2. The van der Waals surface area contributed by atoms with E-state index in [1.807, 2.05) is 0 Å². The molecule has 1 aromatic heterocycles. The number of hydrogen-bond donors (Lipinski definition) is 2. The fourth-order valence-corrected chi connectivity index (χ4v) is 4.73. The number of amides is 2. The zero-order valence-corrected chi connectivity index (χ0v) is 17.9. The first-order valence-corrected chi connectivity index (χ1v) is 10.6. The van der Waals surface area contributed by atoms with E-state index in [9.17, 15) is 18.0 Å². The van der Waals surface area contributed by atoms with Crippen LogP contribution in [0.3, 0.4) is 0 Å². The third-order valence-electron chi connectivity index (χ3n) is 4.26. The monoisotopic (exact) mass is 415 g/mol. The lowest BCUT2D eigenvalue weighted by atomic mass is 10.2. The molecule has 1 fully saturated rings. The number of rotatable bonds is 5. The van der Waals surface area contributed by atoms with Crippen LogP contribution in [0.4, 0.5) is 4.79 Å². The molecule has 0 aromatic carbocycles. The van der Waals surface area contributed by atoms with Crippen LogP contribution in [0.5, 0.6) is 0 Å². The Hall–Kier alpha value is -2.14. The second-order valence-corrected chi connectivity index (χ2v) is 9.60. The molecule has 10 nitrogen and oxygen atoms in total. The van der Waals surface area contributed by atoms with E-state index in [2.05, 4.69) is 15.5 Å². The van der Waals surface area contributed by atoms with Gasteiger partial charge in [0.1, 0.15) is 10.5 Å². The summed E-state index contributed by atoms with van der Waals surface area (Å²) in [6.07, 6.45) is -0.437. The molecule has 2 rings (SSSR count). The molecular weight excluding hydrogens is 386 g/mol. The highest BCUT2D eigenvalue weighted by atomic mass is 32.2. The summed E-state index contributed by atoms with van der Waals surface area (Å²) < 4.78 is 32.1. The largest absolute Gasteiger partial charge is 0.444 e. The van der Waals surface area contributed by atoms with Crippen LogP contribution in [-0.4, -0.2) is 78.1 Å². The van der Waals surface area contributed by atoms with Crippen LogP contribution in [0.1, 0.15) is 38.6 Å². The predicted molar refractivity (Wildman–Crippen MR) is 102 cm³/mol. The van der Waals surface area contributed by atoms with Crippen molar-refractivity contribution in [2.45, 2.75) is 51.5 Å². The van der Waals surface area contributed by atoms with Gasteiger partial charge >= 0.3 is 6.09 Å². The maximum atomic E-state index is 12.8. The Kier molecular flexibility index (Phi) is 6.71.